The standard InChI is InChI=1S/C23H12Cl4N2O4/c24-13-3-8-16(9-4-13)33-23(32)12-1-6-15(7-2-12)28-20-19(27)21(30)29(22(20)31)18-10-5-14(25)11-17(18)26/h1-11,28H. The summed E-state index contributed by atoms with van der Waals surface area (Å²) in [5.41, 5.74) is 0.742. The Morgan fingerprint density at radius 1 is 0.788 bits per heavy atom. The van der Waals surface area contributed by atoms with Crippen LogP contribution in [0, 0.1) is 0 Å². The molecule has 0 aliphatic carbocycles. The first kappa shape index (κ1) is 23.1. The largest absolute Gasteiger partial charge is 0.423 e. The molecule has 10 heteroatoms. The first-order chi connectivity index (χ1) is 15.7. The van der Waals surface area contributed by atoms with E-state index in [0.717, 1.165) is 4.90 Å². The number of amides is 2. The van der Waals surface area contributed by atoms with E-state index in [2.05, 4.69) is 5.32 Å². The van der Waals surface area contributed by atoms with Crippen molar-refractivity contribution in [1.29, 1.82) is 0 Å². The van der Waals surface area contributed by atoms with Gasteiger partial charge in [-0.25, -0.2) is 9.69 Å². The number of esters is 1. The normalized spacial score (nSPS) is 13.5. The molecule has 2 amide bonds. The number of rotatable bonds is 5. The van der Waals surface area contributed by atoms with Gasteiger partial charge in [-0.15, -0.1) is 0 Å². The minimum Gasteiger partial charge on any atom is -0.423 e. The topological polar surface area (TPSA) is 75.7 Å². The van der Waals surface area contributed by atoms with Gasteiger partial charge in [-0.1, -0.05) is 46.4 Å². The summed E-state index contributed by atoms with van der Waals surface area (Å²) in [5, 5.41) is 3.53. The molecular formula is C23H12Cl4N2O4. The second-order valence-electron chi connectivity index (χ2n) is 6.78. The highest BCUT2D eigenvalue weighted by Gasteiger charge is 2.39. The van der Waals surface area contributed by atoms with E-state index >= 15 is 0 Å². The number of carbonyl (C=O) groups excluding carboxylic acids is 3. The van der Waals surface area contributed by atoms with Crippen LogP contribution in [-0.2, 0) is 9.59 Å². The van der Waals surface area contributed by atoms with Crippen LogP contribution in [0.25, 0.3) is 0 Å². The fourth-order valence-electron chi connectivity index (χ4n) is 3.00. The molecule has 0 saturated heterocycles. The van der Waals surface area contributed by atoms with Crippen molar-refractivity contribution in [3.05, 3.63) is 98.1 Å². The summed E-state index contributed by atoms with van der Waals surface area (Å²) in [6.07, 6.45) is 0. The van der Waals surface area contributed by atoms with Crippen molar-refractivity contribution in [3.8, 4) is 5.75 Å². The van der Waals surface area contributed by atoms with E-state index in [4.69, 9.17) is 51.1 Å². The molecule has 0 atom stereocenters. The van der Waals surface area contributed by atoms with E-state index in [1.807, 2.05) is 0 Å². The molecule has 3 aromatic rings. The minimum absolute atomic E-state index is 0.121. The van der Waals surface area contributed by atoms with E-state index in [1.165, 1.54) is 30.3 Å². The van der Waals surface area contributed by atoms with Gasteiger partial charge >= 0.3 is 5.97 Å². The van der Waals surface area contributed by atoms with Gasteiger partial charge in [0.15, 0.2) is 0 Å². The average molecular weight is 522 g/mol. The molecule has 0 aromatic heterocycles. The van der Waals surface area contributed by atoms with Crippen LogP contribution in [0.1, 0.15) is 10.4 Å². The molecule has 0 radical (unpaired) electrons. The maximum atomic E-state index is 12.9. The molecule has 1 aliphatic rings. The quantitative estimate of drug-likeness (QED) is 0.242. The second kappa shape index (κ2) is 9.45. The number of anilines is 2. The highest BCUT2D eigenvalue weighted by Crippen LogP contribution is 2.35. The maximum absolute atomic E-state index is 12.9. The summed E-state index contributed by atoms with van der Waals surface area (Å²) < 4.78 is 5.28. The number of nitrogens with one attached hydrogen (secondary N) is 1. The number of halogens is 4. The maximum Gasteiger partial charge on any atom is 0.343 e. The third-order valence-electron chi connectivity index (χ3n) is 4.59. The molecule has 6 nitrogen and oxygen atoms in total. The lowest BCUT2D eigenvalue weighted by molar-refractivity contribution is -0.120. The first-order valence-electron chi connectivity index (χ1n) is 9.33. The molecule has 33 heavy (non-hydrogen) atoms. The van der Waals surface area contributed by atoms with Gasteiger partial charge in [0, 0.05) is 15.7 Å². The van der Waals surface area contributed by atoms with Gasteiger partial charge in [0.05, 0.1) is 16.3 Å². The third-order valence-corrected chi connectivity index (χ3v) is 5.73. The molecule has 0 unspecified atom stereocenters. The van der Waals surface area contributed by atoms with Gasteiger partial charge < -0.3 is 10.1 Å². The van der Waals surface area contributed by atoms with Gasteiger partial charge in [-0.2, -0.15) is 0 Å². The van der Waals surface area contributed by atoms with Crippen molar-refractivity contribution in [1.82, 2.24) is 0 Å². The number of hydrogen-bond acceptors (Lipinski definition) is 5. The Morgan fingerprint density at radius 3 is 2.06 bits per heavy atom. The van der Waals surface area contributed by atoms with Crippen LogP contribution in [0.2, 0.25) is 15.1 Å². The monoisotopic (exact) mass is 520 g/mol. The summed E-state index contributed by atoms with van der Waals surface area (Å²) in [7, 11) is 0. The number of imide groups is 1. The summed E-state index contributed by atoms with van der Waals surface area (Å²) in [6, 6.07) is 16.8. The summed E-state index contributed by atoms with van der Waals surface area (Å²) in [5.74, 6) is -1.63. The van der Waals surface area contributed by atoms with Crippen molar-refractivity contribution in [2.45, 2.75) is 0 Å². The Hall–Kier alpha value is -3.03. The number of ether oxygens (including phenoxy) is 1. The molecule has 3 aromatic carbocycles. The van der Waals surface area contributed by atoms with Gasteiger partial charge in [0.25, 0.3) is 11.8 Å². The summed E-state index contributed by atoms with van der Waals surface area (Å²) in [4.78, 5) is 38.7. The van der Waals surface area contributed by atoms with Gasteiger partial charge in [0.2, 0.25) is 0 Å². The molecule has 0 saturated carbocycles. The van der Waals surface area contributed by atoms with Crippen LogP contribution >= 0.6 is 46.4 Å². The number of hydrogen-bond donors (Lipinski definition) is 1. The molecular weight excluding hydrogens is 510 g/mol. The molecule has 1 N–H and O–H groups in total. The van der Waals surface area contributed by atoms with Crippen molar-refractivity contribution >= 4 is 75.6 Å². The molecule has 1 aliphatic heterocycles. The van der Waals surface area contributed by atoms with Crippen LogP contribution in [0.5, 0.6) is 5.75 Å². The molecule has 4 rings (SSSR count). The lowest BCUT2D eigenvalue weighted by Crippen LogP contribution is -2.32. The van der Waals surface area contributed by atoms with E-state index in [1.54, 1.807) is 36.4 Å². The molecule has 166 valence electrons. The fraction of sp³-hybridized carbons (Fsp3) is 0. The third kappa shape index (κ3) is 4.84. The fourth-order valence-corrected chi connectivity index (χ4v) is 3.83. The number of nitrogens with zero attached hydrogens (tertiary/aromatic N) is 1. The number of benzene rings is 3. The zero-order valence-electron chi connectivity index (χ0n) is 16.4. The lowest BCUT2D eigenvalue weighted by Gasteiger charge is -2.16. The smallest absolute Gasteiger partial charge is 0.343 e. The predicted octanol–water partition coefficient (Wildman–Crippen LogP) is 6.30. The average Bonchev–Trinajstić information content (AvgIpc) is 2.99. The Balaban J connectivity index is 1.49. The summed E-state index contributed by atoms with van der Waals surface area (Å²) in [6.45, 7) is 0. The van der Waals surface area contributed by atoms with Crippen LogP contribution in [0.3, 0.4) is 0 Å². The minimum atomic E-state index is -0.725. The SMILES string of the molecule is O=C(Oc1ccc(Cl)cc1)c1ccc(NC2=C(Cl)C(=O)N(c3ccc(Cl)cc3Cl)C2=O)cc1. The Labute approximate surface area is 208 Å². The molecule has 0 spiro atoms. The Bertz CT molecular complexity index is 1310. The molecule has 0 fully saturated rings. The zero-order chi connectivity index (χ0) is 23.7. The van der Waals surface area contributed by atoms with Gasteiger partial charge in [-0.3, -0.25) is 9.59 Å². The predicted molar refractivity (Wildman–Crippen MR) is 128 cm³/mol. The van der Waals surface area contributed by atoms with Crippen molar-refractivity contribution in [3.63, 3.8) is 0 Å². The lowest BCUT2D eigenvalue weighted by atomic mass is 10.2. The van der Waals surface area contributed by atoms with Crippen LogP contribution in [-0.4, -0.2) is 17.8 Å². The van der Waals surface area contributed by atoms with Crippen LogP contribution < -0.4 is 15.0 Å². The first-order valence-corrected chi connectivity index (χ1v) is 10.8. The van der Waals surface area contributed by atoms with E-state index < -0.39 is 17.8 Å². The van der Waals surface area contributed by atoms with Crippen molar-refractivity contribution in [2.75, 3.05) is 10.2 Å². The Kier molecular flexibility index (Phi) is 6.63. The van der Waals surface area contributed by atoms with Crippen LogP contribution in [0.15, 0.2) is 77.5 Å². The van der Waals surface area contributed by atoms with Gasteiger partial charge in [0.1, 0.15) is 16.5 Å². The summed E-state index contributed by atoms with van der Waals surface area (Å²) >= 11 is 24.0. The highest BCUT2D eigenvalue weighted by molar-refractivity contribution is 6.54. The van der Waals surface area contributed by atoms with E-state index in [0.29, 0.717) is 21.5 Å². The molecule has 1 heterocycles. The Morgan fingerprint density at radius 2 is 1.42 bits per heavy atom. The van der Waals surface area contributed by atoms with Gasteiger partial charge in [-0.05, 0) is 66.7 Å². The van der Waals surface area contributed by atoms with E-state index in [9.17, 15) is 14.4 Å². The second-order valence-corrected chi connectivity index (χ2v) is 8.43. The van der Waals surface area contributed by atoms with Crippen molar-refractivity contribution < 1.29 is 19.1 Å². The van der Waals surface area contributed by atoms with Crippen LogP contribution in [0.4, 0.5) is 11.4 Å². The van der Waals surface area contributed by atoms with Crippen molar-refractivity contribution in [2.24, 2.45) is 0 Å². The highest BCUT2D eigenvalue weighted by atomic mass is 35.5. The molecule has 0 bridgehead atoms. The van der Waals surface area contributed by atoms with E-state index in [-0.39, 0.29) is 27.0 Å². The number of carbonyl (C=O) groups is 3. The zero-order valence-corrected chi connectivity index (χ0v) is 19.5.